The molecule has 0 saturated heterocycles. The second-order valence-electron chi connectivity index (χ2n) is 11.7. The minimum absolute atomic E-state index is 0.0388. The number of carbonyl (C=O) groups excluding carboxylic acids is 4. The van der Waals surface area contributed by atoms with E-state index in [9.17, 15) is 33.6 Å². The molecule has 3 rings (SSSR count). The van der Waals surface area contributed by atoms with Gasteiger partial charge in [-0.15, -0.1) is 0 Å². The molecule has 270 valence electrons. The van der Waals surface area contributed by atoms with Crippen molar-refractivity contribution in [3.05, 3.63) is 101 Å². The maximum atomic E-state index is 13.8. The van der Waals surface area contributed by atoms with Gasteiger partial charge in [0.25, 0.3) is 6.10 Å². The molecule has 0 aliphatic heterocycles. The maximum absolute atomic E-state index is 13.8. The van der Waals surface area contributed by atoms with Gasteiger partial charge in [0, 0.05) is 36.9 Å². The molecule has 3 aromatic carbocycles. The van der Waals surface area contributed by atoms with Crippen LogP contribution in [0.4, 0.5) is 0 Å². The fourth-order valence-electron chi connectivity index (χ4n) is 4.95. The van der Waals surface area contributed by atoms with E-state index < -0.39 is 60.2 Å². The molecule has 51 heavy (non-hydrogen) atoms. The van der Waals surface area contributed by atoms with Crippen LogP contribution in [0.5, 0.6) is 5.75 Å². The Morgan fingerprint density at radius 2 is 1.20 bits per heavy atom. The largest absolute Gasteiger partial charge is 0.481 e. The molecule has 0 unspecified atom stereocenters. The molecule has 0 aliphatic rings. The lowest BCUT2D eigenvalue weighted by molar-refractivity contribution is -0.159. The van der Waals surface area contributed by atoms with E-state index in [0.717, 1.165) is 12.8 Å². The van der Waals surface area contributed by atoms with Crippen LogP contribution in [0.3, 0.4) is 0 Å². The highest BCUT2D eigenvalue weighted by Crippen LogP contribution is 2.17. The van der Waals surface area contributed by atoms with Crippen molar-refractivity contribution in [2.75, 3.05) is 6.54 Å². The molecule has 0 spiro atoms. The number of rotatable bonds is 21. The Morgan fingerprint density at radius 3 is 1.75 bits per heavy atom. The van der Waals surface area contributed by atoms with Crippen molar-refractivity contribution in [1.82, 2.24) is 16.0 Å². The van der Waals surface area contributed by atoms with E-state index in [1.54, 1.807) is 54.6 Å². The van der Waals surface area contributed by atoms with Crippen LogP contribution in [0, 0.1) is 0 Å². The highest BCUT2D eigenvalue weighted by molar-refractivity contribution is 6.09. The van der Waals surface area contributed by atoms with Gasteiger partial charge in [0.05, 0.1) is 6.42 Å². The van der Waals surface area contributed by atoms with E-state index in [2.05, 4.69) is 16.0 Å². The minimum atomic E-state index is -2.13. The van der Waals surface area contributed by atoms with Gasteiger partial charge in [0.2, 0.25) is 17.7 Å². The molecule has 0 radical (unpaired) electrons. The summed E-state index contributed by atoms with van der Waals surface area (Å²) in [5.41, 5.74) is 2.00. The third kappa shape index (κ3) is 13.1. The molecule has 0 bridgehead atoms. The molecule has 2 atom stereocenters. The van der Waals surface area contributed by atoms with Gasteiger partial charge >= 0.3 is 17.9 Å². The van der Waals surface area contributed by atoms with Crippen molar-refractivity contribution in [1.29, 1.82) is 0 Å². The van der Waals surface area contributed by atoms with E-state index in [-0.39, 0.29) is 30.8 Å². The first-order chi connectivity index (χ1) is 24.4. The third-order valence-electron chi connectivity index (χ3n) is 7.69. The maximum Gasteiger partial charge on any atom is 0.356 e. The molecule has 0 aliphatic carbocycles. The number of carbonyl (C=O) groups is 7. The minimum Gasteiger partial charge on any atom is -0.481 e. The predicted molar refractivity (Wildman–Crippen MR) is 183 cm³/mol. The smallest absolute Gasteiger partial charge is 0.356 e. The van der Waals surface area contributed by atoms with Crippen LogP contribution >= 0.6 is 0 Å². The summed E-state index contributed by atoms with van der Waals surface area (Å²) < 4.78 is 5.04. The third-order valence-corrected chi connectivity index (χ3v) is 7.69. The SMILES string of the molecule is CCCCCNC(=O)[C@H](Cc1ccc(OC(C(=O)O)C(=O)O)cc1)NC(=O)[C@H](Cc1ccc(C(=O)c2ccccc2)cc1)NC(=O)CCC(=O)O. The van der Waals surface area contributed by atoms with E-state index in [1.807, 2.05) is 6.92 Å². The zero-order valence-corrected chi connectivity index (χ0v) is 28.0. The molecule has 0 aromatic heterocycles. The Morgan fingerprint density at radius 1 is 0.647 bits per heavy atom. The van der Waals surface area contributed by atoms with Crippen LogP contribution in [0.2, 0.25) is 0 Å². The van der Waals surface area contributed by atoms with E-state index in [1.165, 1.54) is 24.3 Å². The van der Waals surface area contributed by atoms with Gasteiger partial charge in [-0.1, -0.05) is 86.5 Å². The first-order valence-electron chi connectivity index (χ1n) is 16.4. The number of amides is 3. The number of carboxylic acids is 3. The summed E-state index contributed by atoms with van der Waals surface area (Å²) in [7, 11) is 0. The van der Waals surface area contributed by atoms with Crippen LogP contribution in [-0.4, -0.2) is 81.5 Å². The molecule has 14 heteroatoms. The van der Waals surface area contributed by atoms with Gasteiger partial charge in [-0.3, -0.25) is 24.0 Å². The number of nitrogens with one attached hydrogen (secondary N) is 3. The molecule has 6 N–H and O–H groups in total. The van der Waals surface area contributed by atoms with Crippen LogP contribution < -0.4 is 20.7 Å². The Hall–Kier alpha value is -6.05. The molecule has 0 heterocycles. The van der Waals surface area contributed by atoms with Crippen LogP contribution in [0.25, 0.3) is 0 Å². The number of carboxylic acid groups (broad SMARTS) is 3. The lowest BCUT2D eigenvalue weighted by atomic mass is 9.98. The Labute approximate surface area is 294 Å². The molecule has 3 aromatic rings. The van der Waals surface area contributed by atoms with Gasteiger partial charge in [-0.05, 0) is 29.7 Å². The molecule has 0 fully saturated rings. The average Bonchev–Trinajstić information content (AvgIpc) is 3.11. The zero-order chi connectivity index (χ0) is 37.3. The van der Waals surface area contributed by atoms with E-state index in [4.69, 9.17) is 20.1 Å². The number of aliphatic carboxylic acids is 3. The number of hydrogen-bond donors (Lipinski definition) is 6. The number of benzene rings is 3. The van der Waals surface area contributed by atoms with Gasteiger partial charge < -0.3 is 36.0 Å². The standard InChI is InChI=1S/C37H41N3O11/c1-2-3-7-20-38-34(45)28(21-24-12-16-27(17-13-24)51-33(36(47)48)37(49)50)40-35(46)29(39-30(41)18-19-31(42)43)22-23-10-14-26(15-11-23)32(44)25-8-5-4-6-9-25/h4-6,8-17,28-29,33H,2-3,7,18-22H2,1H3,(H,38,45)(H,39,41)(H,40,46)(H,42,43)(H,47,48)(H,49,50)/t28-,29-/m0/s1. The van der Waals surface area contributed by atoms with Gasteiger partial charge in [-0.2, -0.15) is 0 Å². The summed E-state index contributed by atoms with van der Waals surface area (Å²) in [6.45, 7) is 2.36. The monoisotopic (exact) mass is 703 g/mol. The van der Waals surface area contributed by atoms with Crippen LogP contribution in [-0.2, 0) is 41.6 Å². The van der Waals surface area contributed by atoms with Crippen molar-refractivity contribution in [3.8, 4) is 5.75 Å². The summed E-state index contributed by atoms with van der Waals surface area (Å²) in [5.74, 6) is -6.72. The van der Waals surface area contributed by atoms with Crippen molar-refractivity contribution >= 4 is 41.4 Å². The quantitative estimate of drug-likeness (QED) is 0.0537. The number of hydrogen-bond acceptors (Lipinski definition) is 8. The predicted octanol–water partition coefficient (Wildman–Crippen LogP) is 2.76. The molecular weight excluding hydrogens is 662 g/mol. The summed E-state index contributed by atoms with van der Waals surface area (Å²) >= 11 is 0. The zero-order valence-electron chi connectivity index (χ0n) is 28.0. The normalized spacial score (nSPS) is 11.9. The van der Waals surface area contributed by atoms with Crippen LogP contribution in [0.1, 0.15) is 66.1 Å². The molecule has 0 saturated carbocycles. The average molecular weight is 704 g/mol. The summed E-state index contributed by atoms with van der Waals surface area (Å²) in [6.07, 6.45) is -0.568. The van der Waals surface area contributed by atoms with E-state index in [0.29, 0.717) is 35.2 Å². The Bertz CT molecular complexity index is 1660. The van der Waals surface area contributed by atoms with Crippen LogP contribution in [0.15, 0.2) is 78.9 Å². The topological polar surface area (TPSA) is 225 Å². The van der Waals surface area contributed by atoms with Crippen molar-refractivity contribution in [3.63, 3.8) is 0 Å². The fraction of sp³-hybridized carbons (Fsp3) is 0.324. The van der Waals surface area contributed by atoms with Crippen molar-refractivity contribution in [2.45, 2.75) is 70.1 Å². The summed E-state index contributed by atoms with van der Waals surface area (Å²) in [4.78, 5) is 86.1. The fourth-order valence-corrected chi connectivity index (χ4v) is 4.95. The van der Waals surface area contributed by atoms with Gasteiger partial charge in [-0.25, -0.2) is 9.59 Å². The molecule has 14 nitrogen and oxygen atoms in total. The molecular formula is C37H41N3O11. The second-order valence-corrected chi connectivity index (χ2v) is 11.7. The lowest BCUT2D eigenvalue weighted by Gasteiger charge is -2.24. The van der Waals surface area contributed by atoms with Gasteiger partial charge in [0.1, 0.15) is 17.8 Å². The van der Waals surface area contributed by atoms with Gasteiger partial charge in [0.15, 0.2) is 5.78 Å². The van der Waals surface area contributed by atoms with Crippen molar-refractivity contribution in [2.24, 2.45) is 0 Å². The van der Waals surface area contributed by atoms with E-state index >= 15 is 0 Å². The number of ketones is 1. The highest BCUT2D eigenvalue weighted by atomic mass is 16.5. The Kier molecular flexibility index (Phi) is 15.3. The first-order valence-corrected chi connectivity index (χ1v) is 16.4. The van der Waals surface area contributed by atoms with Crippen molar-refractivity contribution < 1.29 is 53.6 Å². The first kappa shape index (κ1) is 39.4. The second kappa shape index (κ2) is 19.8. The number of unbranched alkanes of at least 4 members (excludes halogenated alkanes) is 2. The summed E-state index contributed by atoms with van der Waals surface area (Å²) in [5, 5.41) is 35.3. The Balaban J connectivity index is 1.82. The molecule has 3 amide bonds. The highest BCUT2D eigenvalue weighted by Gasteiger charge is 2.29. The lowest BCUT2D eigenvalue weighted by Crippen LogP contribution is -2.55. The summed E-state index contributed by atoms with van der Waals surface area (Å²) in [6, 6.07) is 18.4. The number of ether oxygens (including phenoxy) is 1.